The maximum absolute atomic E-state index is 12.2. The topological polar surface area (TPSA) is 108 Å². The van der Waals surface area contributed by atoms with Gasteiger partial charge in [-0.05, 0) is 41.1 Å². The zero-order chi connectivity index (χ0) is 19.2. The molecule has 0 aliphatic carbocycles. The van der Waals surface area contributed by atoms with E-state index < -0.39 is 17.7 Å². The highest BCUT2D eigenvalue weighted by Gasteiger charge is 2.10. The summed E-state index contributed by atoms with van der Waals surface area (Å²) in [6, 6.07) is 18.6. The van der Waals surface area contributed by atoms with Gasteiger partial charge in [0.25, 0.3) is 17.7 Å². The Morgan fingerprint density at radius 2 is 1.48 bits per heavy atom. The lowest BCUT2D eigenvalue weighted by atomic mass is 10.1. The molecule has 0 aromatic heterocycles. The average Bonchev–Trinajstić information content (AvgIpc) is 2.69. The van der Waals surface area contributed by atoms with E-state index in [2.05, 4.69) is 16.2 Å². The van der Waals surface area contributed by atoms with E-state index in [1.165, 1.54) is 24.3 Å². The first-order chi connectivity index (χ1) is 13.0. The molecule has 7 heteroatoms. The first-order valence-electron chi connectivity index (χ1n) is 8.18. The van der Waals surface area contributed by atoms with Gasteiger partial charge in [-0.25, -0.2) is 0 Å². The number of fused-ring (bicyclic) bond motifs is 1. The molecule has 0 unspecified atom stereocenters. The summed E-state index contributed by atoms with van der Waals surface area (Å²) in [5, 5.41) is 13.8. The van der Waals surface area contributed by atoms with Crippen LogP contribution in [-0.2, 0) is 4.79 Å². The molecule has 0 fully saturated rings. The van der Waals surface area contributed by atoms with Crippen molar-refractivity contribution in [3.63, 3.8) is 0 Å². The van der Waals surface area contributed by atoms with Gasteiger partial charge in [-0.1, -0.05) is 36.4 Å². The van der Waals surface area contributed by atoms with Gasteiger partial charge in [0.2, 0.25) is 0 Å². The Morgan fingerprint density at radius 3 is 2.26 bits per heavy atom. The molecule has 3 aromatic carbocycles. The number of nitrogens with one attached hydrogen (secondary N) is 3. The van der Waals surface area contributed by atoms with Crippen molar-refractivity contribution in [2.24, 2.45) is 0 Å². The second-order valence-corrected chi connectivity index (χ2v) is 5.80. The fourth-order valence-corrected chi connectivity index (χ4v) is 2.48. The first kappa shape index (κ1) is 17.9. The monoisotopic (exact) mass is 363 g/mol. The zero-order valence-corrected chi connectivity index (χ0v) is 14.2. The third-order valence-electron chi connectivity index (χ3n) is 3.84. The number of carbonyl (C=O) groups is 3. The van der Waals surface area contributed by atoms with Crippen LogP contribution in [0, 0.1) is 0 Å². The number of aromatic hydroxyl groups is 1. The molecule has 3 aromatic rings. The quantitative estimate of drug-likeness (QED) is 0.530. The van der Waals surface area contributed by atoms with Crippen molar-refractivity contribution in [2.75, 3.05) is 6.54 Å². The molecule has 0 bridgehead atoms. The standard InChI is InChI=1S/C20H17N3O4/c24-17-7-3-6-15(11-17)20(27)23-22-18(25)12-21-19(26)16-9-8-13-4-1-2-5-14(13)10-16/h1-11,24H,12H2,(H,21,26)(H,22,25)(H,23,27). The van der Waals surface area contributed by atoms with E-state index in [9.17, 15) is 19.5 Å². The molecule has 0 atom stereocenters. The fraction of sp³-hybridized carbons (Fsp3) is 0.0500. The highest BCUT2D eigenvalue weighted by molar-refractivity contribution is 6.00. The number of hydrogen-bond donors (Lipinski definition) is 4. The van der Waals surface area contributed by atoms with Gasteiger partial charge < -0.3 is 10.4 Å². The highest BCUT2D eigenvalue weighted by Crippen LogP contribution is 2.15. The van der Waals surface area contributed by atoms with Crippen LogP contribution in [0.1, 0.15) is 20.7 Å². The van der Waals surface area contributed by atoms with E-state index >= 15 is 0 Å². The number of hydrogen-bond acceptors (Lipinski definition) is 4. The Labute approximate surface area is 155 Å². The van der Waals surface area contributed by atoms with E-state index in [1.807, 2.05) is 30.3 Å². The second kappa shape index (κ2) is 8.01. The molecule has 0 saturated carbocycles. The number of phenolic OH excluding ortho intramolecular Hbond substituents is 1. The van der Waals surface area contributed by atoms with E-state index in [-0.39, 0.29) is 17.9 Å². The van der Waals surface area contributed by atoms with Gasteiger partial charge in [0.1, 0.15) is 5.75 Å². The van der Waals surface area contributed by atoms with Crippen LogP contribution in [0.2, 0.25) is 0 Å². The fourth-order valence-electron chi connectivity index (χ4n) is 2.48. The largest absolute Gasteiger partial charge is 0.508 e. The van der Waals surface area contributed by atoms with Crippen molar-refractivity contribution in [1.29, 1.82) is 0 Å². The van der Waals surface area contributed by atoms with E-state index in [0.29, 0.717) is 5.56 Å². The maximum atomic E-state index is 12.2. The molecule has 27 heavy (non-hydrogen) atoms. The van der Waals surface area contributed by atoms with Gasteiger partial charge in [0.15, 0.2) is 0 Å². The third kappa shape index (κ3) is 4.60. The molecular weight excluding hydrogens is 346 g/mol. The van der Waals surface area contributed by atoms with Crippen molar-refractivity contribution in [3.05, 3.63) is 77.9 Å². The summed E-state index contributed by atoms with van der Waals surface area (Å²) < 4.78 is 0. The third-order valence-corrected chi connectivity index (χ3v) is 3.84. The van der Waals surface area contributed by atoms with Gasteiger partial charge in [0, 0.05) is 11.1 Å². The van der Waals surface area contributed by atoms with Gasteiger partial charge in [-0.15, -0.1) is 0 Å². The number of benzene rings is 3. The Morgan fingerprint density at radius 1 is 0.741 bits per heavy atom. The Hall–Kier alpha value is -3.87. The summed E-state index contributed by atoms with van der Waals surface area (Å²) in [6.07, 6.45) is 0. The predicted octanol–water partition coefficient (Wildman–Crippen LogP) is 1.74. The minimum atomic E-state index is -0.586. The first-order valence-corrected chi connectivity index (χ1v) is 8.18. The Kier molecular flexibility index (Phi) is 5.32. The minimum Gasteiger partial charge on any atom is -0.508 e. The van der Waals surface area contributed by atoms with Crippen molar-refractivity contribution in [2.45, 2.75) is 0 Å². The molecule has 3 rings (SSSR count). The van der Waals surface area contributed by atoms with Gasteiger partial charge in [-0.2, -0.15) is 0 Å². The number of carbonyl (C=O) groups excluding carboxylic acids is 3. The van der Waals surface area contributed by atoms with Crippen LogP contribution < -0.4 is 16.2 Å². The predicted molar refractivity (Wildman–Crippen MR) is 100.0 cm³/mol. The summed E-state index contributed by atoms with van der Waals surface area (Å²) in [5.41, 5.74) is 5.04. The normalized spacial score (nSPS) is 10.2. The lowest BCUT2D eigenvalue weighted by Crippen LogP contribution is -2.46. The Balaban J connectivity index is 1.50. The van der Waals surface area contributed by atoms with Crippen LogP contribution in [-0.4, -0.2) is 29.4 Å². The van der Waals surface area contributed by atoms with Crippen LogP contribution in [0.25, 0.3) is 10.8 Å². The molecule has 3 amide bonds. The highest BCUT2D eigenvalue weighted by atomic mass is 16.3. The van der Waals surface area contributed by atoms with Gasteiger partial charge >= 0.3 is 0 Å². The van der Waals surface area contributed by atoms with Crippen LogP contribution in [0.15, 0.2) is 66.7 Å². The molecule has 0 saturated heterocycles. The average molecular weight is 363 g/mol. The van der Waals surface area contributed by atoms with Crippen molar-refractivity contribution < 1.29 is 19.5 Å². The van der Waals surface area contributed by atoms with Gasteiger partial charge in [-0.3, -0.25) is 25.2 Å². The molecule has 136 valence electrons. The Bertz CT molecular complexity index is 1020. The van der Waals surface area contributed by atoms with Crippen LogP contribution in [0.4, 0.5) is 0 Å². The smallest absolute Gasteiger partial charge is 0.269 e. The number of amides is 3. The second-order valence-electron chi connectivity index (χ2n) is 5.80. The molecule has 0 spiro atoms. The molecule has 0 aliphatic heterocycles. The van der Waals surface area contributed by atoms with Crippen LogP contribution in [0.3, 0.4) is 0 Å². The molecular formula is C20H17N3O4. The summed E-state index contributed by atoms with van der Waals surface area (Å²) in [6.45, 7) is -0.300. The van der Waals surface area contributed by atoms with Gasteiger partial charge in [0.05, 0.1) is 6.54 Å². The summed E-state index contributed by atoms with van der Waals surface area (Å²) >= 11 is 0. The van der Waals surface area contributed by atoms with E-state index in [1.54, 1.807) is 12.1 Å². The molecule has 4 N–H and O–H groups in total. The van der Waals surface area contributed by atoms with Crippen LogP contribution in [0.5, 0.6) is 5.75 Å². The van der Waals surface area contributed by atoms with Crippen molar-refractivity contribution in [3.8, 4) is 5.75 Å². The number of hydrazine groups is 1. The number of phenols is 1. The summed E-state index contributed by atoms with van der Waals surface area (Å²) in [5.74, 6) is -1.62. The van der Waals surface area contributed by atoms with E-state index in [0.717, 1.165) is 10.8 Å². The molecule has 0 aliphatic rings. The molecule has 0 heterocycles. The summed E-state index contributed by atoms with van der Waals surface area (Å²) in [4.78, 5) is 35.8. The molecule has 7 nitrogen and oxygen atoms in total. The lowest BCUT2D eigenvalue weighted by molar-refractivity contribution is -0.120. The zero-order valence-electron chi connectivity index (χ0n) is 14.2. The number of rotatable bonds is 4. The minimum absolute atomic E-state index is 0.0587. The maximum Gasteiger partial charge on any atom is 0.269 e. The van der Waals surface area contributed by atoms with Crippen molar-refractivity contribution in [1.82, 2.24) is 16.2 Å². The van der Waals surface area contributed by atoms with Crippen LogP contribution >= 0.6 is 0 Å². The van der Waals surface area contributed by atoms with Crippen molar-refractivity contribution >= 4 is 28.5 Å². The lowest BCUT2D eigenvalue weighted by Gasteiger charge is -2.09. The SMILES string of the molecule is O=C(CNC(=O)c1ccc2ccccc2c1)NNC(=O)c1cccc(O)c1. The molecule has 0 radical (unpaired) electrons. The summed E-state index contributed by atoms with van der Waals surface area (Å²) in [7, 11) is 0. The van der Waals surface area contributed by atoms with E-state index in [4.69, 9.17) is 0 Å².